The van der Waals surface area contributed by atoms with Gasteiger partial charge in [0.15, 0.2) is 0 Å². The number of halogens is 1. The molecule has 0 atom stereocenters. The highest BCUT2D eigenvalue weighted by Gasteiger charge is 1.97. The highest BCUT2D eigenvalue weighted by atomic mass is 79.9. The van der Waals surface area contributed by atoms with Crippen LogP contribution in [-0.2, 0) is 6.42 Å². The van der Waals surface area contributed by atoms with Crippen molar-refractivity contribution in [2.24, 2.45) is 0 Å². The van der Waals surface area contributed by atoms with E-state index >= 15 is 0 Å². The fourth-order valence-corrected chi connectivity index (χ4v) is 6.41. The van der Waals surface area contributed by atoms with Gasteiger partial charge in [0.05, 0.1) is 0 Å². The number of unbranched alkanes of at least 4 members (excludes halogenated alkanes) is 29. The first-order valence-electron chi connectivity index (χ1n) is 18.0. The molecular weight excluding hydrogens is 536 g/mol. The van der Waals surface area contributed by atoms with E-state index in [0.29, 0.717) is 0 Å². The van der Waals surface area contributed by atoms with Gasteiger partial charge < -0.3 is 0 Å². The molecule has 0 fully saturated rings. The third-order valence-corrected chi connectivity index (χ3v) is 9.25. The van der Waals surface area contributed by atoms with Crippen LogP contribution < -0.4 is 0 Å². The second kappa shape index (κ2) is 32.2. The number of hydrogen-bond donors (Lipinski definition) is 0. The molecule has 228 valence electrons. The topological polar surface area (TPSA) is 0 Å². The van der Waals surface area contributed by atoms with Crippen LogP contribution in [0.5, 0.6) is 0 Å². The van der Waals surface area contributed by atoms with Crippen molar-refractivity contribution in [1.29, 1.82) is 0 Å². The number of aryl methyl sites for hydroxylation is 1. The van der Waals surface area contributed by atoms with Crippen LogP contribution in [0.4, 0.5) is 0 Å². The molecule has 0 unspecified atom stereocenters. The predicted octanol–water partition coefficient (Wildman–Crippen LogP) is 14.3. The largest absolute Gasteiger partial charge is 0.0928 e. The first-order valence-corrected chi connectivity index (χ1v) is 19.2. The Morgan fingerprint density at radius 2 is 0.513 bits per heavy atom. The minimum Gasteiger partial charge on any atom is -0.0928 e. The van der Waals surface area contributed by atoms with E-state index in [1.54, 1.807) is 0 Å². The van der Waals surface area contributed by atoms with Crippen LogP contribution in [0, 0.1) is 0 Å². The fraction of sp³-hybridized carbons (Fsp3) is 0.842. The molecule has 0 spiro atoms. The molecule has 1 aromatic rings. The molecule has 1 heteroatoms. The molecule has 0 aliphatic carbocycles. The maximum absolute atomic E-state index is 3.52. The number of hydrogen-bond acceptors (Lipinski definition) is 0. The lowest BCUT2D eigenvalue weighted by molar-refractivity contribution is 0.513. The van der Waals surface area contributed by atoms with Crippen molar-refractivity contribution in [3.63, 3.8) is 0 Å². The van der Waals surface area contributed by atoms with Crippen LogP contribution in [-0.4, -0.2) is 5.33 Å². The van der Waals surface area contributed by atoms with Crippen LogP contribution in [0.15, 0.2) is 30.3 Å². The summed E-state index contributed by atoms with van der Waals surface area (Å²) in [7, 11) is 0. The molecule has 0 saturated heterocycles. The third-order valence-electron chi connectivity index (χ3n) is 8.69. The summed E-state index contributed by atoms with van der Waals surface area (Å²) in [4.78, 5) is 0. The zero-order chi connectivity index (χ0) is 27.7. The molecule has 0 aliphatic rings. The Bertz CT molecular complexity index is 553. The van der Waals surface area contributed by atoms with Crippen LogP contribution in [0.3, 0.4) is 0 Å². The van der Waals surface area contributed by atoms with Crippen LogP contribution in [0.25, 0.3) is 0 Å². The molecule has 39 heavy (non-hydrogen) atoms. The predicted molar refractivity (Wildman–Crippen MR) is 182 cm³/mol. The lowest BCUT2D eigenvalue weighted by Gasteiger charge is -2.05. The van der Waals surface area contributed by atoms with E-state index in [-0.39, 0.29) is 0 Å². The van der Waals surface area contributed by atoms with Crippen molar-refractivity contribution in [1.82, 2.24) is 0 Å². The van der Waals surface area contributed by atoms with E-state index in [1.165, 1.54) is 210 Å². The summed E-state index contributed by atoms with van der Waals surface area (Å²) < 4.78 is 0. The van der Waals surface area contributed by atoms with Gasteiger partial charge in [-0.05, 0) is 24.8 Å². The van der Waals surface area contributed by atoms with E-state index in [4.69, 9.17) is 0 Å². The molecule has 0 saturated carbocycles. The highest BCUT2D eigenvalue weighted by molar-refractivity contribution is 9.09. The molecule has 0 aliphatic heterocycles. The maximum Gasteiger partial charge on any atom is 0.00313 e. The molecule has 0 bridgehead atoms. The summed E-state index contributed by atoms with van der Waals surface area (Å²) >= 11 is 3.52. The molecule has 0 radical (unpaired) electrons. The molecule has 1 aromatic carbocycles. The Kier molecular flexibility index (Phi) is 30.3. The molecule has 1 rings (SSSR count). The third kappa shape index (κ3) is 29.0. The van der Waals surface area contributed by atoms with Crippen LogP contribution >= 0.6 is 15.9 Å². The van der Waals surface area contributed by atoms with Gasteiger partial charge in [0.1, 0.15) is 0 Å². The Morgan fingerprint density at radius 3 is 0.769 bits per heavy atom. The normalized spacial score (nSPS) is 11.4. The van der Waals surface area contributed by atoms with Crippen molar-refractivity contribution < 1.29 is 0 Å². The minimum absolute atomic E-state index is 1.19. The van der Waals surface area contributed by atoms with Gasteiger partial charge in [-0.25, -0.2) is 0 Å². The second-order valence-corrected chi connectivity index (χ2v) is 13.3. The Labute approximate surface area is 255 Å². The highest BCUT2D eigenvalue weighted by Crippen LogP contribution is 2.17. The van der Waals surface area contributed by atoms with Gasteiger partial charge in [0.2, 0.25) is 0 Å². The van der Waals surface area contributed by atoms with E-state index < -0.39 is 0 Å². The SMILES string of the molecule is BrCCCCCCCCCCCCCCCCCCCCCCCCCCCCCCCCc1ccccc1. The average molecular weight is 606 g/mol. The summed E-state index contributed by atoms with van der Waals surface area (Å²) in [5.74, 6) is 0. The molecule has 0 nitrogen and oxygen atoms in total. The summed E-state index contributed by atoms with van der Waals surface area (Å²) in [5, 5.41) is 1.19. The maximum atomic E-state index is 3.52. The Balaban J connectivity index is 1.62. The van der Waals surface area contributed by atoms with Gasteiger partial charge in [0.25, 0.3) is 0 Å². The number of rotatable bonds is 32. The zero-order valence-electron chi connectivity index (χ0n) is 26.4. The van der Waals surface area contributed by atoms with Gasteiger partial charge in [-0.2, -0.15) is 0 Å². The van der Waals surface area contributed by atoms with Gasteiger partial charge in [-0.15, -0.1) is 0 Å². The van der Waals surface area contributed by atoms with Gasteiger partial charge in [0, 0.05) is 5.33 Å². The molecule has 0 N–H and O–H groups in total. The first-order chi connectivity index (χ1) is 19.4. The van der Waals surface area contributed by atoms with Gasteiger partial charge in [-0.1, -0.05) is 226 Å². The van der Waals surface area contributed by atoms with Crippen LogP contribution in [0.2, 0.25) is 0 Å². The quantitative estimate of drug-likeness (QED) is 0.0566. The number of benzene rings is 1. The summed E-state index contributed by atoms with van der Waals surface area (Å²) in [6.07, 6.45) is 45.2. The number of alkyl halides is 1. The molecule has 0 heterocycles. The molecule has 0 aromatic heterocycles. The zero-order valence-corrected chi connectivity index (χ0v) is 28.0. The molecule has 0 amide bonds. The van der Waals surface area contributed by atoms with Crippen molar-refractivity contribution in [3.8, 4) is 0 Å². The average Bonchev–Trinajstić information content (AvgIpc) is 2.96. The second-order valence-electron chi connectivity index (χ2n) is 12.5. The van der Waals surface area contributed by atoms with Crippen molar-refractivity contribution in [2.45, 2.75) is 199 Å². The summed E-state index contributed by atoms with van der Waals surface area (Å²) in [5.41, 5.74) is 1.51. The lowest BCUT2D eigenvalue weighted by atomic mass is 10.0. The van der Waals surface area contributed by atoms with E-state index in [2.05, 4.69) is 46.3 Å². The van der Waals surface area contributed by atoms with Crippen molar-refractivity contribution in [3.05, 3.63) is 35.9 Å². The monoisotopic (exact) mass is 604 g/mol. The van der Waals surface area contributed by atoms with E-state index in [0.717, 1.165) is 0 Å². The summed E-state index contributed by atoms with van der Waals surface area (Å²) in [6.45, 7) is 0. The van der Waals surface area contributed by atoms with Gasteiger partial charge >= 0.3 is 0 Å². The lowest BCUT2D eigenvalue weighted by Crippen LogP contribution is -1.86. The van der Waals surface area contributed by atoms with Crippen molar-refractivity contribution >= 4 is 15.9 Å². The molecular formula is C38H69Br. The Hall–Kier alpha value is -0.300. The van der Waals surface area contributed by atoms with Crippen molar-refractivity contribution in [2.75, 3.05) is 5.33 Å². The minimum atomic E-state index is 1.19. The first kappa shape index (κ1) is 36.7. The fourth-order valence-electron chi connectivity index (χ4n) is 6.02. The Morgan fingerprint density at radius 1 is 0.282 bits per heavy atom. The van der Waals surface area contributed by atoms with E-state index in [1.807, 2.05) is 0 Å². The van der Waals surface area contributed by atoms with Crippen LogP contribution in [0.1, 0.15) is 198 Å². The standard InChI is InChI=1S/C38H69Br/c39-37-33-28-26-24-22-20-18-16-14-12-10-8-6-4-2-1-3-5-7-9-11-13-15-17-19-21-23-25-27-30-34-38-35-31-29-32-36-38/h29,31-32,35-36H,1-28,30,33-34,37H2. The van der Waals surface area contributed by atoms with Gasteiger partial charge in [-0.3, -0.25) is 0 Å². The van der Waals surface area contributed by atoms with E-state index in [9.17, 15) is 0 Å². The smallest absolute Gasteiger partial charge is 0.00313 e. The summed E-state index contributed by atoms with van der Waals surface area (Å²) in [6, 6.07) is 11.0.